The number of thiocarbonyl (C=S) groups is 1. The number of nitrogens with zero attached hydrogens (tertiary/aromatic N) is 1. The SMILES string of the molecule is O=C1NC(=S)N(c2ccc(Cl)cc2)C(=O)/C1=C\c1ccc(-c2ccccc2)cc1. The van der Waals surface area contributed by atoms with Crippen LogP contribution in [-0.2, 0) is 9.59 Å². The van der Waals surface area contributed by atoms with E-state index in [0.717, 1.165) is 16.7 Å². The van der Waals surface area contributed by atoms with Gasteiger partial charge in [0, 0.05) is 5.02 Å². The predicted molar refractivity (Wildman–Crippen MR) is 120 cm³/mol. The summed E-state index contributed by atoms with van der Waals surface area (Å²) in [6.07, 6.45) is 1.57. The fourth-order valence-corrected chi connectivity index (χ4v) is 3.46. The summed E-state index contributed by atoms with van der Waals surface area (Å²) in [5.74, 6) is -0.995. The summed E-state index contributed by atoms with van der Waals surface area (Å²) in [4.78, 5) is 26.7. The van der Waals surface area contributed by atoms with Crippen molar-refractivity contribution < 1.29 is 9.59 Å². The van der Waals surface area contributed by atoms with Gasteiger partial charge in [0.15, 0.2) is 5.11 Å². The van der Waals surface area contributed by atoms with E-state index in [4.69, 9.17) is 23.8 Å². The molecule has 1 aliphatic heterocycles. The Hall–Kier alpha value is -3.28. The van der Waals surface area contributed by atoms with E-state index in [0.29, 0.717) is 10.7 Å². The summed E-state index contributed by atoms with van der Waals surface area (Å²) in [6.45, 7) is 0. The molecule has 0 unspecified atom stereocenters. The van der Waals surface area contributed by atoms with Gasteiger partial charge >= 0.3 is 0 Å². The number of amides is 2. The van der Waals surface area contributed by atoms with Gasteiger partial charge in [-0.3, -0.25) is 19.8 Å². The zero-order chi connectivity index (χ0) is 20.4. The third kappa shape index (κ3) is 3.97. The summed E-state index contributed by atoms with van der Waals surface area (Å²) in [5.41, 5.74) is 3.44. The summed E-state index contributed by atoms with van der Waals surface area (Å²) in [5, 5.41) is 3.16. The highest BCUT2D eigenvalue weighted by molar-refractivity contribution is 7.80. The van der Waals surface area contributed by atoms with Gasteiger partial charge in [0.2, 0.25) is 0 Å². The van der Waals surface area contributed by atoms with Crippen molar-refractivity contribution in [2.45, 2.75) is 0 Å². The molecule has 2 amide bonds. The Morgan fingerprint density at radius 1 is 0.828 bits per heavy atom. The van der Waals surface area contributed by atoms with E-state index in [1.807, 2.05) is 54.6 Å². The first-order valence-corrected chi connectivity index (χ1v) is 9.64. The minimum Gasteiger partial charge on any atom is -0.298 e. The number of anilines is 1. The third-order valence-electron chi connectivity index (χ3n) is 4.52. The molecule has 4 nitrogen and oxygen atoms in total. The summed E-state index contributed by atoms with van der Waals surface area (Å²) in [6, 6.07) is 24.3. The molecular formula is C23H15ClN2O2S. The smallest absolute Gasteiger partial charge is 0.270 e. The van der Waals surface area contributed by atoms with Crippen molar-refractivity contribution in [2.24, 2.45) is 0 Å². The lowest BCUT2D eigenvalue weighted by Crippen LogP contribution is -2.54. The average Bonchev–Trinajstić information content (AvgIpc) is 2.73. The predicted octanol–water partition coefficient (Wildman–Crippen LogP) is 4.84. The Morgan fingerprint density at radius 2 is 1.45 bits per heavy atom. The van der Waals surface area contributed by atoms with Gasteiger partial charge in [0.05, 0.1) is 5.69 Å². The molecule has 0 radical (unpaired) electrons. The van der Waals surface area contributed by atoms with Crippen LogP contribution < -0.4 is 10.2 Å². The van der Waals surface area contributed by atoms with E-state index in [1.165, 1.54) is 4.90 Å². The summed E-state index contributed by atoms with van der Waals surface area (Å²) >= 11 is 11.1. The molecule has 0 saturated carbocycles. The lowest BCUT2D eigenvalue weighted by molar-refractivity contribution is -0.122. The van der Waals surface area contributed by atoms with E-state index in [-0.39, 0.29) is 10.7 Å². The Balaban J connectivity index is 1.65. The molecule has 1 fully saturated rings. The normalized spacial score (nSPS) is 15.6. The van der Waals surface area contributed by atoms with E-state index in [1.54, 1.807) is 30.3 Å². The molecule has 142 valence electrons. The van der Waals surface area contributed by atoms with Crippen LogP contribution in [0.1, 0.15) is 5.56 Å². The molecule has 29 heavy (non-hydrogen) atoms. The molecule has 0 atom stereocenters. The molecule has 3 aromatic carbocycles. The lowest BCUT2D eigenvalue weighted by Gasteiger charge is -2.28. The van der Waals surface area contributed by atoms with E-state index >= 15 is 0 Å². The summed E-state index contributed by atoms with van der Waals surface area (Å²) in [7, 11) is 0. The van der Waals surface area contributed by atoms with Crippen LogP contribution in [0.2, 0.25) is 5.02 Å². The maximum atomic E-state index is 13.0. The maximum absolute atomic E-state index is 13.0. The van der Waals surface area contributed by atoms with Crippen molar-refractivity contribution in [3.63, 3.8) is 0 Å². The van der Waals surface area contributed by atoms with Crippen molar-refractivity contribution in [3.05, 3.63) is 95.0 Å². The minimum absolute atomic E-state index is 0.0148. The van der Waals surface area contributed by atoms with Gasteiger partial charge in [0.25, 0.3) is 11.8 Å². The maximum Gasteiger partial charge on any atom is 0.270 e. The zero-order valence-corrected chi connectivity index (χ0v) is 16.7. The number of carbonyl (C=O) groups excluding carboxylic acids is 2. The van der Waals surface area contributed by atoms with E-state index < -0.39 is 11.8 Å². The van der Waals surface area contributed by atoms with Crippen LogP contribution in [0.4, 0.5) is 5.69 Å². The molecule has 6 heteroatoms. The quantitative estimate of drug-likeness (QED) is 0.376. The van der Waals surface area contributed by atoms with Crippen molar-refractivity contribution in [2.75, 3.05) is 4.90 Å². The number of rotatable bonds is 3. The molecule has 0 aromatic heterocycles. The fraction of sp³-hybridized carbons (Fsp3) is 0. The molecule has 0 spiro atoms. The second-order valence-corrected chi connectivity index (χ2v) is 7.25. The van der Waals surface area contributed by atoms with Crippen LogP contribution in [0, 0.1) is 0 Å². The van der Waals surface area contributed by atoms with Gasteiger partial charge in [-0.15, -0.1) is 0 Å². The first-order chi connectivity index (χ1) is 14.0. The highest BCUT2D eigenvalue weighted by Gasteiger charge is 2.34. The highest BCUT2D eigenvalue weighted by Crippen LogP contribution is 2.25. The summed E-state index contributed by atoms with van der Waals surface area (Å²) < 4.78 is 0. The Labute approximate surface area is 178 Å². The number of benzene rings is 3. The molecule has 3 aromatic rings. The van der Waals surface area contributed by atoms with Crippen LogP contribution in [-0.4, -0.2) is 16.9 Å². The van der Waals surface area contributed by atoms with Gasteiger partial charge < -0.3 is 0 Å². The second-order valence-electron chi connectivity index (χ2n) is 6.42. The first kappa shape index (κ1) is 19.1. The zero-order valence-electron chi connectivity index (χ0n) is 15.1. The Kier molecular flexibility index (Phi) is 5.25. The average molecular weight is 419 g/mol. The molecule has 1 N–H and O–H groups in total. The number of hydrogen-bond donors (Lipinski definition) is 1. The highest BCUT2D eigenvalue weighted by atomic mass is 35.5. The monoisotopic (exact) mass is 418 g/mol. The molecule has 1 heterocycles. The van der Waals surface area contributed by atoms with Crippen LogP contribution in [0.5, 0.6) is 0 Å². The fourth-order valence-electron chi connectivity index (χ4n) is 3.05. The van der Waals surface area contributed by atoms with Gasteiger partial charge in [-0.1, -0.05) is 66.2 Å². The molecule has 1 saturated heterocycles. The van der Waals surface area contributed by atoms with Crippen molar-refractivity contribution in [1.82, 2.24) is 5.32 Å². The Bertz CT molecular complexity index is 1120. The van der Waals surface area contributed by atoms with E-state index in [9.17, 15) is 9.59 Å². The Morgan fingerprint density at radius 3 is 2.10 bits per heavy atom. The topological polar surface area (TPSA) is 49.4 Å². The molecule has 1 aliphatic rings. The first-order valence-electron chi connectivity index (χ1n) is 8.85. The van der Waals surface area contributed by atoms with Crippen molar-refractivity contribution >= 4 is 52.5 Å². The number of halogens is 1. The number of hydrogen-bond acceptors (Lipinski definition) is 3. The molecule has 0 bridgehead atoms. The van der Waals surface area contributed by atoms with Gasteiger partial charge in [0.1, 0.15) is 5.57 Å². The number of carbonyl (C=O) groups is 2. The molecular weight excluding hydrogens is 404 g/mol. The van der Waals surface area contributed by atoms with E-state index in [2.05, 4.69) is 5.32 Å². The number of nitrogens with one attached hydrogen (secondary N) is 1. The van der Waals surface area contributed by atoms with Gasteiger partial charge in [-0.25, -0.2) is 0 Å². The van der Waals surface area contributed by atoms with Gasteiger partial charge in [-0.05, 0) is 59.2 Å². The second kappa shape index (κ2) is 7.99. The lowest BCUT2D eigenvalue weighted by atomic mass is 10.0. The largest absolute Gasteiger partial charge is 0.298 e. The van der Waals surface area contributed by atoms with Crippen molar-refractivity contribution in [3.8, 4) is 11.1 Å². The van der Waals surface area contributed by atoms with Crippen molar-refractivity contribution in [1.29, 1.82) is 0 Å². The van der Waals surface area contributed by atoms with Crippen LogP contribution >= 0.6 is 23.8 Å². The van der Waals surface area contributed by atoms with Crippen LogP contribution in [0.15, 0.2) is 84.4 Å². The van der Waals surface area contributed by atoms with Crippen LogP contribution in [0.3, 0.4) is 0 Å². The standard InChI is InChI=1S/C23H15ClN2O2S/c24-18-10-12-19(13-11-18)26-22(28)20(21(27)25-23(26)29)14-15-6-8-17(9-7-15)16-4-2-1-3-5-16/h1-14H,(H,25,27,29)/b20-14-. The third-order valence-corrected chi connectivity index (χ3v) is 5.05. The van der Waals surface area contributed by atoms with Crippen LogP contribution in [0.25, 0.3) is 17.2 Å². The van der Waals surface area contributed by atoms with Gasteiger partial charge in [-0.2, -0.15) is 0 Å². The molecule has 0 aliphatic carbocycles. The minimum atomic E-state index is -0.516. The molecule has 4 rings (SSSR count).